The Morgan fingerprint density at radius 1 is 1.67 bits per heavy atom. The number of Topliss-reactive ketones (excluding diaryl/α,β-unsaturated/α-hetero) is 1. The van der Waals surface area contributed by atoms with E-state index in [1.54, 1.807) is 11.8 Å². The Morgan fingerprint density at radius 2 is 2.50 bits per heavy atom. The SMILES string of the molecule is C#CCSCCN1CCC(=O)C1. The maximum atomic E-state index is 10.9. The quantitative estimate of drug-likeness (QED) is 0.471. The molecular formula is C9H13NOS. The Labute approximate surface area is 77.7 Å². The van der Waals surface area contributed by atoms with Crippen LogP contribution in [-0.2, 0) is 4.79 Å². The van der Waals surface area contributed by atoms with Crippen LogP contribution in [0, 0.1) is 12.3 Å². The standard InChI is InChI=1S/C9H13NOS/c1-2-6-12-7-5-10-4-3-9(11)8-10/h1H,3-8H2. The number of terminal acetylenes is 1. The molecule has 0 aliphatic carbocycles. The van der Waals surface area contributed by atoms with Gasteiger partial charge in [0.2, 0.25) is 0 Å². The zero-order valence-electron chi connectivity index (χ0n) is 7.08. The lowest BCUT2D eigenvalue weighted by atomic mass is 10.4. The van der Waals surface area contributed by atoms with Gasteiger partial charge in [0.1, 0.15) is 5.78 Å². The lowest BCUT2D eigenvalue weighted by molar-refractivity contribution is -0.116. The van der Waals surface area contributed by atoms with E-state index in [0.29, 0.717) is 12.3 Å². The summed E-state index contributed by atoms with van der Waals surface area (Å²) in [5, 5.41) is 0. The molecule has 66 valence electrons. The summed E-state index contributed by atoms with van der Waals surface area (Å²) in [6.07, 6.45) is 5.84. The van der Waals surface area contributed by atoms with Crippen molar-refractivity contribution in [3.05, 3.63) is 0 Å². The van der Waals surface area contributed by atoms with Gasteiger partial charge in [-0.15, -0.1) is 18.2 Å². The van der Waals surface area contributed by atoms with E-state index in [1.807, 2.05) is 0 Å². The smallest absolute Gasteiger partial charge is 0.148 e. The lowest BCUT2D eigenvalue weighted by Gasteiger charge is -2.11. The van der Waals surface area contributed by atoms with Gasteiger partial charge in [0, 0.05) is 25.3 Å². The van der Waals surface area contributed by atoms with E-state index in [1.165, 1.54) is 0 Å². The predicted octanol–water partition coefficient (Wildman–Crippen LogP) is 0.628. The van der Waals surface area contributed by atoms with Crippen LogP contribution in [0.4, 0.5) is 0 Å². The molecule has 0 unspecified atom stereocenters. The summed E-state index contributed by atoms with van der Waals surface area (Å²) in [6, 6.07) is 0. The Kier molecular flexibility index (Phi) is 4.20. The molecule has 2 nitrogen and oxygen atoms in total. The molecule has 0 aromatic carbocycles. The first-order valence-electron chi connectivity index (χ1n) is 4.08. The van der Waals surface area contributed by atoms with Gasteiger partial charge in [-0.1, -0.05) is 5.92 Å². The summed E-state index contributed by atoms with van der Waals surface area (Å²) in [7, 11) is 0. The minimum Gasteiger partial charge on any atom is -0.298 e. The van der Waals surface area contributed by atoms with Crippen molar-refractivity contribution in [2.45, 2.75) is 6.42 Å². The molecule has 0 atom stereocenters. The fraction of sp³-hybridized carbons (Fsp3) is 0.667. The summed E-state index contributed by atoms with van der Waals surface area (Å²) < 4.78 is 0. The Balaban J connectivity index is 2.01. The Bertz CT molecular complexity index is 197. The summed E-state index contributed by atoms with van der Waals surface area (Å²) >= 11 is 1.75. The van der Waals surface area contributed by atoms with Gasteiger partial charge >= 0.3 is 0 Å². The van der Waals surface area contributed by atoms with Crippen LogP contribution in [0.2, 0.25) is 0 Å². The molecule has 12 heavy (non-hydrogen) atoms. The van der Waals surface area contributed by atoms with E-state index in [4.69, 9.17) is 6.42 Å². The molecule has 1 aliphatic heterocycles. The fourth-order valence-electron chi connectivity index (χ4n) is 1.21. The van der Waals surface area contributed by atoms with E-state index in [2.05, 4.69) is 10.8 Å². The van der Waals surface area contributed by atoms with Gasteiger partial charge in [0.05, 0.1) is 12.3 Å². The second-order valence-corrected chi connectivity index (χ2v) is 3.93. The van der Waals surface area contributed by atoms with Gasteiger partial charge < -0.3 is 0 Å². The molecule has 0 spiro atoms. The van der Waals surface area contributed by atoms with Crippen LogP contribution in [0.1, 0.15) is 6.42 Å². The van der Waals surface area contributed by atoms with Crippen molar-refractivity contribution in [3.8, 4) is 12.3 Å². The average molecular weight is 183 g/mol. The topological polar surface area (TPSA) is 20.3 Å². The Hall–Kier alpha value is -0.460. The third kappa shape index (κ3) is 3.29. The van der Waals surface area contributed by atoms with Gasteiger partial charge in [0.15, 0.2) is 0 Å². The number of nitrogens with zero attached hydrogens (tertiary/aromatic N) is 1. The average Bonchev–Trinajstić information content (AvgIpc) is 2.45. The minimum atomic E-state index is 0.372. The molecule has 0 radical (unpaired) electrons. The molecular weight excluding hydrogens is 170 g/mol. The molecule has 1 aliphatic rings. The van der Waals surface area contributed by atoms with Crippen molar-refractivity contribution in [3.63, 3.8) is 0 Å². The van der Waals surface area contributed by atoms with Gasteiger partial charge in [0.25, 0.3) is 0 Å². The minimum absolute atomic E-state index is 0.372. The van der Waals surface area contributed by atoms with E-state index < -0.39 is 0 Å². The monoisotopic (exact) mass is 183 g/mol. The molecule has 0 bridgehead atoms. The number of hydrogen-bond acceptors (Lipinski definition) is 3. The molecule has 0 amide bonds. The van der Waals surface area contributed by atoms with Gasteiger partial charge in [-0.3, -0.25) is 9.69 Å². The number of carbonyl (C=O) groups excluding carboxylic acids is 1. The first kappa shape index (κ1) is 9.63. The summed E-state index contributed by atoms with van der Waals surface area (Å²) in [5.74, 6) is 4.77. The zero-order chi connectivity index (χ0) is 8.81. The third-order valence-corrected chi connectivity index (χ3v) is 2.69. The molecule has 0 N–H and O–H groups in total. The van der Waals surface area contributed by atoms with Crippen molar-refractivity contribution in [2.75, 3.05) is 31.1 Å². The molecule has 0 saturated carbocycles. The highest BCUT2D eigenvalue weighted by molar-refractivity contribution is 7.99. The molecule has 1 rings (SSSR count). The second kappa shape index (κ2) is 5.23. The maximum Gasteiger partial charge on any atom is 0.148 e. The predicted molar refractivity (Wildman–Crippen MR) is 52.2 cm³/mol. The third-order valence-electron chi connectivity index (χ3n) is 1.84. The fourth-order valence-corrected chi connectivity index (χ4v) is 1.86. The Morgan fingerprint density at radius 3 is 3.08 bits per heavy atom. The van der Waals surface area contributed by atoms with E-state index >= 15 is 0 Å². The second-order valence-electron chi connectivity index (χ2n) is 2.82. The highest BCUT2D eigenvalue weighted by atomic mass is 32.2. The van der Waals surface area contributed by atoms with Crippen molar-refractivity contribution in [1.29, 1.82) is 0 Å². The number of rotatable bonds is 4. The van der Waals surface area contributed by atoms with E-state index in [9.17, 15) is 4.79 Å². The number of likely N-dealkylation sites (tertiary alicyclic amines) is 1. The number of carbonyl (C=O) groups is 1. The molecule has 0 aromatic heterocycles. The first-order chi connectivity index (χ1) is 5.83. The van der Waals surface area contributed by atoms with Crippen LogP contribution in [0.25, 0.3) is 0 Å². The largest absolute Gasteiger partial charge is 0.298 e. The van der Waals surface area contributed by atoms with Crippen LogP contribution in [0.3, 0.4) is 0 Å². The number of thioether (sulfide) groups is 1. The highest BCUT2D eigenvalue weighted by Crippen LogP contribution is 2.06. The van der Waals surface area contributed by atoms with Gasteiger partial charge in [-0.25, -0.2) is 0 Å². The van der Waals surface area contributed by atoms with Crippen LogP contribution in [-0.4, -0.2) is 41.8 Å². The van der Waals surface area contributed by atoms with Crippen LogP contribution >= 0.6 is 11.8 Å². The summed E-state index contributed by atoms with van der Waals surface area (Å²) in [6.45, 7) is 2.59. The lowest BCUT2D eigenvalue weighted by Crippen LogP contribution is -2.23. The van der Waals surface area contributed by atoms with E-state index in [-0.39, 0.29) is 0 Å². The number of ketones is 1. The van der Waals surface area contributed by atoms with Gasteiger partial charge in [-0.2, -0.15) is 0 Å². The summed E-state index contributed by atoms with van der Waals surface area (Å²) in [4.78, 5) is 13.0. The molecule has 1 saturated heterocycles. The molecule has 3 heteroatoms. The normalized spacial score (nSPS) is 18.1. The molecule has 1 heterocycles. The zero-order valence-corrected chi connectivity index (χ0v) is 7.90. The highest BCUT2D eigenvalue weighted by Gasteiger charge is 2.17. The van der Waals surface area contributed by atoms with Crippen molar-refractivity contribution in [1.82, 2.24) is 4.90 Å². The molecule has 1 fully saturated rings. The van der Waals surface area contributed by atoms with Crippen molar-refractivity contribution >= 4 is 17.5 Å². The van der Waals surface area contributed by atoms with E-state index in [0.717, 1.165) is 31.0 Å². The summed E-state index contributed by atoms with van der Waals surface area (Å²) in [5.41, 5.74) is 0. The van der Waals surface area contributed by atoms with Gasteiger partial charge in [-0.05, 0) is 0 Å². The molecule has 0 aromatic rings. The first-order valence-corrected chi connectivity index (χ1v) is 5.23. The van der Waals surface area contributed by atoms with Crippen molar-refractivity contribution in [2.24, 2.45) is 0 Å². The van der Waals surface area contributed by atoms with Crippen LogP contribution < -0.4 is 0 Å². The van der Waals surface area contributed by atoms with Crippen molar-refractivity contribution < 1.29 is 4.79 Å². The van der Waals surface area contributed by atoms with Crippen LogP contribution in [0.15, 0.2) is 0 Å². The maximum absolute atomic E-state index is 10.9. The number of hydrogen-bond donors (Lipinski definition) is 0. The van der Waals surface area contributed by atoms with Crippen LogP contribution in [0.5, 0.6) is 0 Å².